The van der Waals surface area contributed by atoms with E-state index < -0.39 is 0 Å². The molecular weight excluding hydrogens is 304 g/mol. The van der Waals surface area contributed by atoms with Gasteiger partial charge in [0.05, 0.1) is 7.11 Å². The maximum Gasteiger partial charge on any atom is 0.185 e. The summed E-state index contributed by atoms with van der Waals surface area (Å²) in [4.78, 5) is 11.9. The molecule has 2 nitrogen and oxygen atoms in total. The molecule has 0 aliphatic carbocycles. The van der Waals surface area contributed by atoms with Crippen LogP contribution in [0.25, 0.3) is 6.08 Å². The van der Waals surface area contributed by atoms with Crippen molar-refractivity contribution in [1.29, 1.82) is 0 Å². The van der Waals surface area contributed by atoms with Gasteiger partial charge in [0.1, 0.15) is 5.75 Å². The fraction of sp³-hybridized carbons (Fsp3) is 0.0625. The zero-order chi connectivity index (χ0) is 13.7. The summed E-state index contributed by atoms with van der Waals surface area (Å²) in [5.41, 5.74) is 1.64. The van der Waals surface area contributed by atoms with E-state index in [1.807, 2.05) is 36.4 Å². The van der Waals surface area contributed by atoms with Crippen molar-refractivity contribution < 1.29 is 9.53 Å². The average molecular weight is 317 g/mol. The summed E-state index contributed by atoms with van der Waals surface area (Å²) in [5.74, 6) is 0.791. The van der Waals surface area contributed by atoms with Crippen molar-refractivity contribution in [1.82, 2.24) is 0 Å². The topological polar surface area (TPSA) is 26.3 Å². The van der Waals surface area contributed by atoms with Crippen molar-refractivity contribution in [2.24, 2.45) is 0 Å². The second kappa shape index (κ2) is 6.34. The molecule has 0 spiro atoms. The minimum Gasteiger partial charge on any atom is -0.497 e. The first-order valence-corrected chi connectivity index (χ1v) is 6.60. The molecule has 0 unspecified atom stereocenters. The van der Waals surface area contributed by atoms with E-state index in [0.717, 1.165) is 15.8 Å². The molecule has 96 valence electrons. The molecule has 2 aromatic rings. The summed E-state index contributed by atoms with van der Waals surface area (Å²) >= 11 is 3.34. The molecule has 0 fully saturated rings. The van der Waals surface area contributed by atoms with Crippen LogP contribution in [0.5, 0.6) is 5.75 Å². The Labute approximate surface area is 120 Å². The van der Waals surface area contributed by atoms with Gasteiger partial charge in [0.25, 0.3) is 0 Å². The van der Waals surface area contributed by atoms with Crippen LogP contribution >= 0.6 is 15.9 Å². The highest BCUT2D eigenvalue weighted by atomic mass is 79.9. The molecule has 0 N–H and O–H groups in total. The van der Waals surface area contributed by atoms with Crippen LogP contribution in [-0.2, 0) is 0 Å². The molecule has 0 radical (unpaired) electrons. The van der Waals surface area contributed by atoms with Gasteiger partial charge >= 0.3 is 0 Å². The average Bonchev–Trinajstić information content (AvgIpc) is 2.46. The molecular formula is C16H13BrO2. The summed E-state index contributed by atoms with van der Waals surface area (Å²) in [7, 11) is 1.63. The highest BCUT2D eigenvalue weighted by Gasteiger charge is 2.00. The smallest absolute Gasteiger partial charge is 0.185 e. The number of ketones is 1. The fourth-order valence-corrected chi connectivity index (χ4v) is 1.86. The van der Waals surface area contributed by atoms with Crippen LogP contribution in [0.1, 0.15) is 15.9 Å². The lowest BCUT2D eigenvalue weighted by atomic mass is 10.1. The first-order chi connectivity index (χ1) is 9.19. The Hall–Kier alpha value is -1.87. The van der Waals surface area contributed by atoms with Crippen LogP contribution in [0.2, 0.25) is 0 Å². The number of rotatable bonds is 4. The summed E-state index contributed by atoms with van der Waals surface area (Å²) < 4.78 is 6.04. The molecule has 2 rings (SSSR count). The standard InChI is InChI=1S/C16H13BrO2/c1-19-15-9-2-12(3-10-15)4-11-16(18)13-5-7-14(17)8-6-13/h2-11H,1H3/b11-4+. The second-order valence-corrected chi connectivity index (χ2v) is 4.89. The molecule has 0 saturated carbocycles. The third kappa shape index (κ3) is 3.80. The van der Waals surface area contributed by atoms with Gasteiger partial charge in [0.15, 0.2) is 5.78 Å². The quantitative estimate of drug-likeness (QED) is 0.619. The zero-order valence-corrected chi connectivity index (χ0v) is 12.1. The molecule has 0 bridgehead atoms. The number of hydrogen-bond acceptors (Lipinski definition) is 2. The van der Waals surface area contributed by atoms with E-state index in [0.29, 0.717) is 5.56 Å². The highest BCUT2D eigenvalue weighted by molar-refractivity contribution is 9.10. The van der Waals surface area contributed by atoms with Crippen molar-refractivity contribution >= 4 is 27.8 Å². The van der Waals surface area contributed by atoms with Crippen LogP contribution < -0.4 is 4.74 Å². The number of hydrogen-bond donors (Lipinski definition) is 0. The summed E-state index contributed by atoms with van der Waals surface area (Å²) in [6, 6.07) is 14.8. The Morgan fingerprint density at radius 2 is 1.68 bits per heavy atom. The van der Waals surface area contributed by atoms with Crippen molar-refractivity contribution in [2.45, 2.75) is 0 Å². The maximum absolute atomic E-state index is 11.9. The minimum atomic E-state index is -0.0108. The van der Waals surface area contributed by atoms with Crippen molar-refractivity contribution in [2.75, 3.05) is 7.11 Å². The number of ether oxygens (including phenoxy) is 1. The van der Waals surface area contributed by atoms with E-state index in [4.69, 9.17) is 4.74 Å². The molecule has 3 heteroatoms. The van der Waals surface area contributed by atoms with Gasteiger partial charge in [0.2, 0.25) is 0 Å². The Kier molecular flexibility index (Phi) is 4.53. The van der Waals surface area contributed by atoms with Crippen molar-refractivity contribution in [3.05, 3.63) is 70.2 Å². The molecule has 0 saturated heterocycles. The molecule has 0 heterocycles. The molecule has 2 aromatic carbocycles. The fourth-order valence-electron chi connectivity index (χ4n) is 1.60. The predicted octanol–water partition coefficient (Wildman–Crippen LogP) is 4.35. The third-order valence-electron chi connectivity index (χ3n) is 2.67. The Morgan fingerprint density at radius 3 is 2.26 bits per heavy atom. The Morgan fingerprint density at radius 1 is 1.05 bits per heavy atom. The third-order valence-corrected chi connectivity index (χ3v) is 3.20. The highest BCUT2D eigenvalue weighted by Crippen LogP contribution is 2.14. The van der Waals surface area contributed by atoms with Gasteiger partial charge in [0, 0.05) is 10.0 Å². The monoisotopic (exact) mass is 316 g/mol. The molecule has 0 amide bonds. The van der Waals surface area contributed by atoms with Gasteiger partial charge in [-0.1, -0.05) is 34.1 Å². The number of allylic oxidation sites excluding steroid dienone is 1. The van der Waals surface area contributed by atoms with Gasteiger partial charge in [-0.3, -0.25) is 4.79 Å². The van der Waals surface area contributed by atoms with Crippen LogP contribution in [0, 0.1) is 0 Å². The van der Waals surface area contributed by atoms with Gasteiger partial charge in [-0.25, -0.2) is 0 Å². The van der Waals surface area contributed by atoms with E-state index in [2.05, 4.69) is 15.9 Å². The number of carbonyl (C=O) groups is 1. The largest absolute Gasteiger partial charge is 0.497 e. The normalized spacial score (nSPS) is 10.6. The van der Waals surface area contributed by atoms with Crippen molar-refractivity contribution in [3.63, 3.8) is 0 Å². The summed E-state index contributed by atoms with van der Waals surface area (Å²) in [5, 5.41) is 0. The van der Waals surface area contributed by atoms with E-state index in [9.17, 15) is 4.79 Å². The maximum atomic E-state index is 11.9. The van der Waals surface area contributed by atoms with E-state index >= 15 is 0 Å². The molecule has 0 atom stereocenters. The van der Waals surface area contributed by atoms with Gasteiger partial charge in [-0.2, -0.15) is 0 Å². The van der Waals surface area contributed by atoms with Crippen LogP contribution in [0.3, 0.4) is 0 Å². The molecule has 0 aliphatic heterocycles. The minimum absolute atomic E-state index is 0.0108. The zero-order valence-electron chi connectivity index (χ0n) is 10.5. The van der Waals surface area contributed by atoms with E-state index in [1.54, 1.807) is 31.4 Å². The van der Waals surface area contributed by atoms with Gasteiger partial charge < -0.3 is 4.74 Å². The lowest BCUT2D eigenvalue weighted by Crippen LogP contribution is -1.93. The number of benzene rings is 2. The lowest BCUT2D eigenvalue weighted by molar-refractivity contribution is 0.104. The molecule has 0 aromatic heterocycles. The lowest BCUT2D eigenvalue weighted by Gasteiger charge is -1.99. The summed E-state index contributed by atoms with van der Waals surface area (Å²) in [6.45, 7) is 0. The van der Waals surface area contributed by atoms with E-state index in [-0.39, 0.29) is 5.78 Å². The number of methoxy groups -OCH3 is 1. The summed E-state index contributed by atoms with van der Waals surface area (Å²) in [6.07, 6.45) is 3.37. The first kappa shape index (κ1) is 13.6. The second-order valence-electron chi connectivity index (χ2n) is 3.98. The van der Waals surface area contributed by atoms with Gasteiger partial charge in [-0.15, -0.1) is 0 Å². The first-order valence-electron chi connectivity index (χ1n) is 5.81. The Bertz CT molecular complexity index is 583. The molecule has 19 heavy (non-hydrogen) atoms. The van der Waals surface area contributed by atoms with Crippen LogP contribution in [-0.4, -0.2) is 12.9 Å². The predicted molar refractivity (Wildman–Crippen MR) is 80.5 cm³/mol. The van der Waals surface area contributed by atoms with Crippen LogP contribution in [0.4, 0.5) is 0 Å². The number of halogens is 1. The van der Waals surface area contributed by atoms with Crippen molar-refractivity contribution in [3.8, 4) is 5.75 Å². The SMILES string of the molecule is COc1ccc(/C=C/C(=O)c2ccc(Br)cc2)cc1. The van der Waals surface area contributed by atoms with Crippen LogP contribution in [0.15, 0.2) is 59.1 Å². The van der Waals surface area contributed by atoms with E-state index in [1.165, 1.54) is 0 Å². The molecule has 0 aliphatic rings. The van der Waals surface area contributed by atoms with Gasteiger partial charge in [-0.05, 0) is 48.0 Å². The Balaban J connectivity index is 2.08. The number of carbonyl (C=O) groups excluding carboxylic acids is 1.